The van der Waals surface area contributed by atoms with Crippen LogP contribution < -0.4 is 10.1 Å². The smallest absolute Gasteiger partial charge is 0.331 e. The zero-order chi connectivity index (χ0) is 26.1. The monoisotopic (exact) mass is 500 g/mol. The van der Waals surface area contributed by atoms with Gasteiger partial charge in [0.1, 0.15) is 6.10 Å². The molecular formula is C27H36N2O7. The zero-order valence-corrected chi connectivity index (χ0v) is 21.3. The number of carbonyl (C=O) groups is 2. The van der Waals surface area contributed by atoms with Gasteiger partial charge in [-0.1, -0.05) is 44.2 Å². The predicted octanol–water partition coefficient (Wildman–Crippen LogP) is 3.00. The molecule has 1 fully saturated rings. The largest absolute Gasteiger partial charge is 0.503 e. The molecule has 1 aromatic carbocycles. The normalized spacial score (nSPS) is 22.8. The first-order valence-electron chi connectivity index (χ1n) is 12.2. The Bertz CT molecular complexity index is 999. The van der Waals surface area contributed by atoms with E-state index in [0.717, 1.165) is 12.0 Å². The molecule has 0 spiro atoms. The molecule has 4 atom stereocenters. The van der Waals surface area contributed by atoms with E-state index in [2.05, 4.69) is 36.3 Å². The van der Waals surface area contributed by atoms with E-state index in [-0.39, 0.29) is 29.9 Å². The van der Waals surface area contributed by atoms with E-state index in [1.807, 2.05) is 25.1 Å². The Labute approximate surface area is 212 Å². The third-order valence-electron chi connectivity index (χ3n) is 6.14. The fraction of sp³-hybridized carbons (Fsp3) is 0.519. The minimum Gasteiger partial charge on any atom is -0.503 e. The van der Waals surface area contributed by atoms with Crippen LogP contribution in [0.2, 0.25) is 0 Å². The van der Waals surface area contributed by atoms with Crippen molar-refractivity contribution in [3.05, 3.63) is 53.9 Å². The first-order chi connectivity index (χ1) is 17.3. The number of hydrogen-bond donors (Lipinski definition) is 2. The third kappa shape index (κ3) is 7.41. The lowest BCUT2D eigenvalue weighted by atomic mass is 9.84. The molecule has 0 unspecified atom stereocenters. The molecule has 3 rings (SSSR count). The van der Waals surface area contributed by atoms with Gasteiger partial charge in [0.05, 0.1) is 26.9 Å². The van der Waals surface area contributed by atoms with Crippen LogP contribution in [0.15, 0.2) is 42.6 Å². The van der Waals surface area contributed by atoms with E-state index in [0.29, 0.717) is 25.7 Å². The van der Waals surface area contributed by atoms with Gasteiger partial charge in [0.15, 0.2) is 23.2 Å². The van der Waals surface area contributed by atoms with Gasteiger partial charge in [-0.15, -0.1) is 0 Å². The lowest BCUT2D eigenvalue weighted by Crippen LogP contribution is -2.46. The highest BCUT2D eigenvalue weighted by Crippen LogP contribution is 2.28. The van der Waals surface area contributed by atoms with Crippen molar-refractivity contribution < 1.29 is 33.6 Å². The number of methoxy groups -OCH3 is 1. The van der Waals surface area contributed by atoms with Gasteiger partial charge in [-0.05, 0) is 30.7 Å². The van der Waals surface area contributed by atoms with Gasteiger partial charge in [0.2, 0.25) is 0 Å². The Morgan fingerprint density at radius 1 is 1.22 bits per heavy atom. The van der Waals surface area contributed by atoms with Crippen LogP contribution in [-0.2, 0) is 25.4 Å². The van der Waals surface area contributed by atoms with Crippen LogP contribution in [0.4, 0.5) is 0 Å². The summed E-state index contributed by atoms with van der Waals surface area (Å²) in [5.41, 5.74) is 0.902. The van der Waals surface area contributed by atoms with Crippen molar-refractivity contribution in [3.63, 3.8) is 0 Å². The summed E-state index contributed by atoms with van der Waals surface area (Å²) in [6.45, 7) is 7.32. The Kier molecular flexibility index (Phi) is 10.1. The molecule has 36 heavy (non-hydrogen) atoms. The number of nitrogens with one attached hydrogen (secondary N) is 1. The summed E-state index contributed by atoms with van der Waals surface area (Å²) in [7, 11) is 1.37. The van der Waals surface area contributed by atoms with Gasteiger partial charge in [0.25, 0.3) is 5.91 Å². The summed E-state index contributed by atoms with van der Waals surface area (Å²) in [6, 6.07) is 10.4. The number of amides is 1. The summed E-state index contributed by atoms with van der Waals surface area (Å²) < 4.78 is 22.8. The third-order valence-corrected chi connectivity index (χ3v) is 6.14. The second-order valence-corrected chi connectivity index (χ2v) is 9.46. The number of aromatic nitrogens is 1. The maximum atomic E-state index is 13.0. The minimum atomic E-state index is -1.07. The van der Waals surface area contributed by atoms with Crippen molar-refractivity contribution in [2.24, 2.45) is 17.8 Å². The van der Waals surface area contributed by atoms with E-state index in [1.54, 1.807) is 0 Å². The molecule has 0 aliphatic carbocycles. The molecule has 0 radical (unpaired) electrons. The molecule has 9 nitrogen and oxygen atoms in total. The fourth-order valence-electron chi connectivity index (χ4n) is 4.20. The molecule has 9 heteroatoms. The highest BCUT2D eigenvalue weighted by atomic mass is 16.6. The predicted molar refractivity (Wildman–Crippen MR) is 133 cm³/mol. The van der Waals surface area contributed by atoms with Crippen LogP contribution in [0.5, 0.6) is 11.5 Å². The van der Waals surface area contributed by atoms with E-state index < -0.39 is 29.8 Å². The number of cyclic esters (lactones) is 1. The van der Waals surface area contributed by atoms with Gasteiger partial charge in [-0.2, -0.15) is 0 Å². The van der Waals surface area contributed by atoms with Crippen LogP contribution in [0, 0.1) is 17.8 Å². The Morgan fingerprint density at radius 2 is 1.97 bits per heavy atom. The Hall–Kier alpha value is -3.17. The van der Waals surface area contributed by atoms with Crippen molar-refractivity contribution in [3.8, 4) is 11.5 Å². The summed E-state index contributed by atoms with van der Waals surface area (Å²) in [4.78, 5) is 29.8. The van der Waals surface area contributed by atoms with Crippen LogP contribution in [0.25, 0.3) is 0 Å². The van der Waals surface area contributed by atoms with Gasteiger partial charge in [0, 0.05) is 24.8 Å². The molecule has 1 amide bonds. The summed E-state index contributed by atoms with van der Waals surface area (Å²) in [5, 5.41) is 12.8. The Morgan fingerprint density at radius 3 is 2.67 bits per heavy atom. The van der Waals surface area contributed by atoms with Crippen molar-refractivity contribution in [1.29, 1.82) is 0 Å². The highest BCUT2D eigenvalue weighted by Gasteiger charge is 2.35. The summed E-state index contributed by atoms with van der Waals surface area (Å²) in [5.74, 6) is -1.36. The topological polar surface area (TPSA) is 116 Å². The number of benzene rings is 1. The van der Waals surface area contributed by atoms with Gasteiger partial charge in [-0.25, -0.2) is 9.78 Å². The average Bonchev–Trinajstić information content (AvgIpc) is 2.90. The molecule has 0 bridgehead atoms. The first-order valence-corrected chi connectivity index (χ1v) is 12.2. The molecular weight excluding hydrogens is 464 g/mol. The van der Waals surface area contributed by atoms with Crippen molar-refractivity contribution in [2.75, 3.05) is 33.5 Å². The molecule has 196 valence electrons. The number of nitrogens with zero attached hydrogens (tertiary/aromatic N) is 1. The molecule has 2 aromatic rings. The maximum absolute atomic E-state index is 13.0. The molecule has 1 aromatic heterocycles. The molecule has 2 heterocycles. The van der Waals surface area contributed by atoms with E-state index in [1.165, 1.54) is 19.4 Å². The second kappa shape index (κ2) is 13.2. The second-order valence-electron chi connectivity index (χ2n) is 9.46. The molecule has 0 saturated carbocycles. The highest BCUT2D eigenvalue weighted by molar-refractivity contribution is 5.98. The number of aromatic hydroxyl groups is 1. The van der Waals surface area contributed by atoms with Crippen molar-refractivity contribution in [1.82, 2.24) is 10.3 Å². The zero-order valence-electron chi connectivity index (χ0n) is 21.3. The lowest BCUT2D eigenvalue weighted by molar-refractivity contribution is -0.155. The number of hydrogen-bond acceptors (Lipinski definition) is 8. The summed E-state index contributed by atoms with van der Waals surface area (Å²) in [6.07, 6.45) is 1.60. The number of ether oxygens (including phenoxy) is 4. The number of pyridine rings is 1. The van der Waals surface area contributed by atoms with Gasteiger partial charge >= 0.3 is 5.97 Å². The fourth-order valence-corrected chi connectivity index (χ4v) is 4.20. The standard InChI is InChI=1S/C27H36N2O7/c1-17(2)13-34-15-21-18(3)36-27(32)22(16-35-14-20(21)12-19-8-6-5-7-9-19)29-26(31)24-25(30)23(33-4)10-11-28-24/h5-11,17-18,20-22,30H,12-16H2,1-4H3,(H,29,31)/t18-,20-,21-,22-/m1/s1. The van der Waals surface area contributed by atoms with Gasteiger partial charge < -0.3 is 29.4 Å². The molecule has 1 aliphatic heterocycles. The number of rotatable bonds is 9. The van der Waals surface area contributed by atoms with Gasteiger partial charge in [-0.3, -0.25) is 4.79 Å². The molecule has 1 saturated heterocycles. The lowest BCUT2D eigenvalue weighted by Gasteiger charge is -2.31. The first kappa shape index (κ1) is 27.4. The van der Waals surface area contributed by atoms with E-state index in [4.69, 9.17) is 18.9 Å². The average molecular weight is 501 g/mol. The van der Waals surface area contributed by atoms with Crippen LogP contribution in [0.1, 0.15) is 36.8 Å². The number of esters is 1. The molecule has 2 N–H and O–H groups in total. The van der Waals surface area contributed by atoms with Crippen molar-refractivity contribution in [2.45, 2.75) is 39.3 Å². The van der Waals surface area contributed by atoms with Crippen LogP contribution >= 0.6 is 0 Å². The SMILES string of the molecule is COc1ccnc(C(=O)N[C@@H]2COC[C@@H](Cc3ccccc3)[C@H](COCC(C)C)[C@@H](C)OC2=O)c1O. The quantitative estimate of drug-likeness (QED) is 0.505. The summed E-state index contributed by atoms with van der Waals surface area (Å²) >= 11 is 0. The maximum Gasteiger partial charge on any atom is 0.331 e. The van der Waals surface area contributed by atoms with Crippen LogP contribution in [0.3, 0.4) is 0 Å². The Balaban J connectivity index is 1.76. The van der Waals surface area contributed by atoms with Crippen LogP contribution in [-0.4, -0.2) is 67.7 Å². The minimum absolute atomic E-state index is 0.0286. The van der Waals surface area contributed by atoms with E-state index >= 15 is 0 Å². The molecule has 1 aliphatic rings. The van der Waals surface area contributed by atoms with E-state index in [9.17, 15) is 14.7 Å². The van der Waals surface area contributed by atoms with Crippen molar-refractivity contribution >= 4 is 11.9 Å². The number of carbonyl (C=O) groups excluding carboxylic acids is 2.